The van der Waals surface area contributed by atoms with Crippen molar-refractivity contribution in [1.82, 2.24) is 14.4 Å². The van der Waals surface area contributed by atoms with Gasteiger partial charge in [-0.05, 0) is 19.4 Å². The molecule has 0 fully saturated rings. The van der Waals surface area contributed by atoms with Gasteiger partial charge in [0.15, 0.2) is 0 Å². The second kappa shape index (κ2) is 2.81. The van der Waals surface area contributed by atoms with Gasteiger partial charge in [-0.25, -0.2) is 9.97 Å². The number of hydrogen-bond acceptors (Lipinski definition) is 3. The lowest BCUT2D eigenvalue weighted by atomic mass is 10.3. The quantitative estimate of drug-likeness (QED) is 0.706. The number of aromatic nitrogens is 3. The number of fused-ring (bicyclic) bond motifs is 1. The van der Waals surface area contributed by atoms with Crippen LogP contribution in [0.2, 0.25) is 0 Å². The van der Waals surface area contributed by atoms with Crippen LogP contribution in [0.4, 0.5) is 0 Å². The Balaban J connectivity index is 2.62. The molecule has 0 saturated carbocycles. The summed E-state index contributed by atoms with van der Waals surface area (Å²) in [7, 11) is 0. The fraction of sp³-hybridized carbons (Fsp3) is 0.333. The highest BCUT2D eigenvalue weighted by Gasteiger charge is 2.05. The highest BCUT2D eigenvalue weighted by Crippen LogP contribution is 2.09. The number of nitrogens with zero attached hydrogens (tertiary/aromatic N) is 3. The third-order valence-electron chi connectivity index (χ3n) is 1.92. The topological polar surface area (TPSA) is 56.2 Å². The number of rotatable bonds is 1. The van der Waals surface area contributed by atoms with Gasteiger partial charge in [-0.15, -0.1) is 0 Å². The highest BCUT2D eigenvalue weighted by molar-refractivity contribution is 5.32. The van der Waals surface area contributed by atoms with Gasteiger partial charge >= 0.3 is 0 Å². The second-order valence-corrected chi connectivity index (χ2v) is 3.29. The third-order valence-corrected chi connectivity index (χ3v) is 1.92. The lowest BCUT2D eigenvalue weighted by Crippen LogP contribution is -2.04. The lowest BCUT2D eigenvalue weighted by molar-refractivity contribution is 0.789. The molecule has 0 saturated heterocycles. The van der Waals surface area contributed by atoms with E-state index in [1.165, 1.54) is 0 Å². The van der Waals surface area contributed by atoms with E-state index in [0.29, 0.717) is 5.78 Å². The van der Waals surface area contributed by atoms with Crippen LogP contribution in [0.5, 0.6) is 0 Å². The first-order valence-electron chi connectivity index (χ1n) is 4.23. The smallest absolute Gasteiger partial charge is 0.233 e. The van der Waals surface area contributed by atoms with E-state index < -0.39 is 0 Å². The van der Waals surface area contributed by atoms with E-state index >= 15 is 0 Å². The van der Waals surface area contributed by atoms with Crippen molar-refractivity contribution >= 4 is 5.78 Å². The molecule has 13 heavy (non-hydrogen) atoms. The summed E-state index contributed by atoms with van der Waals surface area (Å²) in [6.07, 6.45) is 5.70. The number of nitrogens with two attached hydrogens (primary N) is 1. The first-order valence-corrected chi connectivity index (χ1v) is 4.23. The minimum Gasteiger partial charge on any atom is -0.323 e. The van der Waals surface area contributed by atoms with Gasteiger partial charge in [0.1, 0.15) is 0 Å². The first kappa shape index (κ1) is 8.19. The van der Waals surface area contributed by atoms with Crippen LogP contribution in [0.1, 0.15) is 24.2 Å². The molecule has 1 atom stereocenters. The zero-order valence-corrected chi connectivity index (χ0v) is 7.73. The SMILES string of the molecule is Cc1cnc2nc(C(C)N)cn2c1. The van der Waals surface area contributed by atoms with Gasteiger partial charge in [0, 0.05) is 24.6 Å². The molecule has 0 bridgehead atoms. The van der Waals surface area contributed by atoms with Crippen molar-refractivity contribution < 1.29 is 0 Å². The molecule has 2 N–H and O–H groups in total. The van der Waals surface area contributed by atoms with Crippen LogP contribution in [0.25, 0.3) is 5.78 Å². The number of aryl methyl sites for hydroxylation is 1. The summed E-state index contributed by atoms with van der Waals surface area (Å²) in [5.74, 6) is 0.706. The van der Waals surface area contributed by atoms with Crippen molar-refractivity contribution in [1.29, 1.82) is 0 Å². The summed E-state index contributed by atoms with van der Waals surface area (Å²) in [6, 6.07) is -0.0398. The third kappa shape index (κ3) is 1.40. The fourth-order valence-electron chi connectivity index (χ4n) is 1.22. The lowest BCUT2D eigenvalue weighted by Gasteiger charge is -1.95. The van der Waals surface area contributed by atoms with Gasteiger partial charge in [-0.3, -0.25) is 4.40 Å². The van der Waals surface area contributed by atoms with Gasteiger partial charge in [0.25, 0.3) is 0 Å². The minimum absolute atomic E-state index is 0.0398. The molecule has 2 rings (SSSR count). The molecule has 0 aromatic carbocycles. The fourth-order valence-corrected chi connectivity index (χ4v) is 1.22. The minimum atomic E-state index is -0.0398. The van der Waals surface area contributed by atoms with E-state index in [2.05, 4.69) is 9.97 Å². The summed E-state index contributed by atoms with van der Waals surface area (Å²) in [5, 5.41) is 0. The second-order valence-electron chi connectivity index (χ2n) is 3.29. The molecular weight excluding hydrogens is 164 g/mol. The van der Waals surface area contributed by atoms with E-state index in [1.54, 1.807) is 6.20 Å². The van der Waals surface area contributed by atoms with Crippen molar-refractivity contribution in [3.8, 4) is 0 Å². The summed E-state index contributed by atoms with van der Waals surface area (Å²) >= 11 is 0. The van der Waals surface area contributed by atoms with E-state index in [1.807, 2.05) is 30.6 Å². The zero-order chi connectivity index (χ0) is 9.42. The molecule has 1 unspecified atom stereocenters. The summed E-state index contributed by atoms with van der Waals surface area (Å²) in [4.78, 5) is 8.46. The van der Waals surface area contributed by atoms with Crippen molar-refractivity contribution in [2.45, 2.75) is 19.9 Å². The van der Waals surface area contributed by atoms with Gasteiger partial charge in [-0.2, -0.15) is 0 Å². The number of hydrogen-bond donors (Lipinski definition) is 1. The molecule has 0 spiro atoms. The molecule has 0 aliphatic carbocycles. The zero-order valence-electron chi connectivity index (χ0n) is 7.73. The highest BCUT2D eigenvalue weighted by atomic mass is 15.1. The van der Waals surface area contributed by atoms with Crippen molar-refractivity contribution in [2.75, 3.05) is 0 Å². The molecule has 0 aliphatic heterocycles. The Morgan fingerprint density at radius 1 is 1.46 bits per heavy atom. The van der Waals surface area contributed by atoms with Crippen molar-refractivity contribution in [3.05, 3.63) is 29.8 Å². The average molecular weight is 176 g/mol. The Morgan fingerprint density at radius 2 is 2.23 bits per heavy atom. The molecule has 4 nitrogen and oxygen atoms in total. The Labute approximate surface area is 76.4 Å². The first-order chi connectivity index (χ1) is 6.16. The van der Waals surface area contributed by atoms with Crippen LogP contribution in [0.15, 0.2) is 18.6 Å². The molecule has 0 radical (unpaired) electrons. The van der Waals surface area contributed by atoms with E-state index in [-0.39, 0.29) is 6.04 Å². The van der Waals surface area contributed by atoms with Gasteiger partial charge < -0.3 is 5.73 Å². The Morgan fingerprint density at radius 3 is 2.92 bits per heavy atom. The van der Waals surface area contributed by atoms with Crippen LogP contribution in [0, 0.1) is 6.92 Å². The van der Waals surface area contributed by atoms with Crippen LogP contribution in [0.3, 0.4) is 0 Å². The van der Waals surface area contributed by atoms with E-state index in [9.17, 15) is 0 Å². The molecule has 2 heterocycles. The van der Waals surface area contributed by atoms with Crippen LogP contribution in [-0.4, -0.2) is 14.4 Å². The standard InChI is InChI=1S/C9H12N4/c1-6-3-11-9-12-8(7(2)10)5-13(9)4-6/h3-5,7H,10H2,1-2H3. The number of imidazole rings is 1. The van der Waals surface area contributed by atoms with Crippen LogP contribution >= 0.6 is 0 Å². The maximum absolute atomic E-state index is 5.71. The average Bonchev–Trinajstić information content (AvgIpc) is 2.46. The van der Waals surface area contributed by atoms with Crippen LogP contribution < -0.4 is 5.73 Å². The van der Waals surface area contributed by atoms with Crippen molar-refractivity contribution in [3.63, 3.8) is 0 Å². The normalized spacial score (nSPS) is 13.5. The monoisotopic (exact) mass is 176 g/mol. The molecule has 0 amide bonds. The van der Waals surface area contributed by atoms with E-state index in [0.717, 1.165) is 11.3 Å². The van der Waals surface area contributed by atoms with Gasteiger partial charge in [-0.1, -0.05) is 0 Å². The van der Waals surface area contributed by atoms with Gasteiger partial charge in [0.2, 0.25) is 5.78 Å². The predicted octanol–water partition coefficient (Wildman–Crippen LogP) is 1.06. The van der Waals surface area contributed by atoms with Crippen molar-refractivity contribution in [2.24, 2.45) is 5.73 Å². The maximum Gasteiger partial charge on any atom is 0.233 e. The van der Waals surface area contributed by atoms with Crippen LogP contribution in [-0.2, 0) is 0 Å². The molecule has 0 aliphatic rings. The molecule has 4 heteroatoms. The molecule has 2 aromatic heterocycles. The largest absolute Gasteiger partial charge is 0.323 e. The van der Waals surface area contributed by atoms with Gasteiger partial charge in [0.05, 0.1) is 5.69 Å². The molecule has 68 valence electrons. The molecular formula is C9H12N4. The summed E-state index contributed by atoms with van der Waals surface area (Å²) < 4.78 is 1.90. The predicted molar refractivity (Wildman–Crippen MR) is 50.3 cm³/mol. The molecule has 2 aromatic rings. The Kier molecular flexibility index (Phi) is 1.77. The summed E-state index contributed by atoms with van der Waals surface area (Å²) in [6.45, 7) is 3.91. The maximum atomic E-state index is 5.71. The van der Waals surface area contributed by atoms with E-state index in [4.69, 9.17) is 5.73 Å². The summed E-state index contributed by atoms with van der Waals surface area (Å²) in [5.41, 5.74) is 7.70. The Hall–Kier alpha value is -1.42. The Bertz CT molecular complexity index is 430.